The number of nitrogens with zero attached hydrogens (tertiary/aromatic N) is 2. The first-order valence-corrected chi connectivity index (χ1v) is 6.83. The number of pyridine rings is 1. The van der Waals surface area contributed by atoms with E-state index < -0.39 is 0 Å². The number of hydrogen-bond acceptors (Lipinski definition) is 3. The van der Waals surface area contributed by atoms with Crippen molar-refractivity contribution in [2.24, 2.45) is 5.73 Å². The van der Waals surface area contributed by atoms with Gasteiger partial charge in [-0.25, -0.2) is 0 Å². The van der Waals surface area contributed by atoms with Crippen LogP contribution in [0.15, 0.2) is 48.8 Å². The first-order chi connectivity index (χ1) is 9.34. The van der Waals surface area contributed by atoms with Crippen molar-refractivity contribution in [2.45, 2.75) is 25.4 Å². The Morgan fingerprint density at radius 2 is 1.95 bits per heavy atom. The molecule has 1 aliphatic rings. The van der Waals surface area contributed by atoms with Gasteiger partial charge in [0.1, 0.15) is 0 Å². The lowest BCUT2D eigenvalue weighted by Crippen LogP contribution is -2.23. The molecule has 3 heteroatoms. The van der Waals surface area contributed by atoms with Crippen LogP contribution < -0.4 is 10.6 Å². The molecule has 0 saturated heterocycles. The van der Waals surface area contributed by atoms with Crippen molar-refractivity contribution in [2.75, 3.05) is 11.4 Å². The molecule has 2 N–H and O–H groups in total. The number of rotatable bonds is 2. The van der Waals surface area contributed by atoms with E-state index in [1.165, 1.54) is 16.8 Å². The Balaban J connectivity index is 1.91. The smallest absolute Gasteiger partial charge is 0.0430 e. The molecule has 0 radical (unpaired) electrons. The summed E-state index contributed by atoms with van der Waals surface area (Å²) in [5.41, 5.74) is 10.1. The van der Waals surface area contributed by atoms with Gasteiger partial charge in [0.2, 0.25) is 0 Å². The molecule has 3 rings (SSSR count). The number of benzene rings is 1. The Labute approximate surface area is 114 Å². The molecular weight excluding hydrogens is 234 g/mol. The van der Waals surface area contributed by atoms with Crippen molar-refractivity contribution in [3.63, 3.8) is 0 Å². The normalized spacial score (nSPS) is 18.8. The van der Waals surface area contributed by atoms with Gasteiger partial charge in [0, 0.05) is 37.2 Å². The zero-order valence-corrected chi connectivity index (χ0v) is 11.0. The summed E-state index contributed by atoms with van der Waals surface area (Å²) in [5, 5.41) is 0. The first-order valence-electron chi connectivity index (χ1n) is 6.83. The predicted molar refractivity (Wildman–Crippen MR) is 77.9 cm³/mol. The van der Waals surface area contributed by atoms with Crippen LogP contribution in [0.4, 0.5) is 5.69 Å². The molecule has 3 nitrogen and oxygen atoms in total. The summed E-state index contributed by atoms with van der Waals surface area (Å²) in [6.07, 6.45) is 5.90. The Morgan fingerprint density at radius 1 is 1.16 bits per heavy atom. The van der Waals surface area contributed by atoms with E-state index in [0.29, 0.717) is 0 Å². The van der Waals surface area contributed by atoms with Gasteiger partial charge < -0.3 is 10.6 Å². The molecule has 19 heavy (non-hydrogen) atoms. The average molecular weight is 253 g/mol. The zero-order chi connectivity index (χ0) is 13.1. The van der Waals surface area contributed by atoms with Crippen molar-refractivity contribution in [3.05, 3.63) is 59.9 Å². The van der Waals surface area contributed by atoms with E-state index in [1.807, 2.05) is 12.4 Å². The van der Waals surface area contributed by atoms with Gasteiger partial charge in [-0.05, 0) is 42.2 Å². The Bertz CT molecular complexity index is 539. The quantitative estimate of drug-likeness (QED) is 0.894. The van der Waals surface area contributed by atoms with E-state index >= 15 is 0 Å². The van der Waals surface area contributed by atoms with Gasteiger partial charge in [-0.3, -0.25) is 4.98 Å². The summed E-state index contributed by atoms with van der Waals surface area (Å²) >= 11 is 0. The van der Waals surface area contributed by atoms with Crippen LogP contribution in [0.25, 0.3) is 0 Å². The monoisotopic (exact) mass is 253 g/mol. The minimum atomic E-state index is 0.165. The number of fused-ring (bicyclic) bond motifs is 1. The first kappa shape index (κ1) is 12.2. The summed E-state index contributed by atoms with van der Waals surface area (Å²) < 4.78 is 0. The summed E-state index contributed by atoms with van der Waals surface area (Å²) in [4.78, 5) is 6.50. The van der Waals surface area contributed by atoms with Crippen molar-refractivity contribution in [1.82, 2.24) is 4.98 Å². The van der Waals surface area contributed by atoms with E-state index in [-0.39, 0.29) is 6.04 Å². The highest BCUT2D eigenvalue weighted by atomic mass is 15.1. The molecule has 2 aromatic rings. The number of hydrogen-bond donors (Lipinski definition) is 1. The fourth-order valence-electron chi connectivity index (χ4n) is 2.74. The molecule has 0 bridgehead atoms. The highest BCUT2D eigenvalue weighted by Crippen LogP contribution is 2.32. The molecular formula is C16H19N3. The van der Waals surface area contributed by atoms with Crippen LogP contribution in [-0.2, 0) is 6.54 Å². The maximum absolute atomic E-state index is 6.27. The average Bonchev–Trinajstić information content (AvgIpc) is 2.61. The number of para-hydroxylation sites is 1. The summed E-state index contributed by atoms with van der Waals surface area (Å²) in [7, 11) is 0. The van der Waals surface area contributed by atoms with Crippen LogP contribution in [0, 0.1) is 0 Å². The molecule has 0 spiro atoms. The molecule has 1 unspecified atom stereocenters. The second kappa shape index (κ2) is 5.41. The predicted octanol–water partition coefficient (Wildman–Crippen LogP) is 2.88. The maximum Gasteiger partial charge on any atom is 0.0430 e. The van der Waals surface area contributed by atoms with Crippen LogP contribution in [-0.4, -0.2) is 11.5 Å². The van der Waals surface area contributed by atoms with Crippen molar-refractivity contribution in [3.8, 4) is 0 Å². The Hall–Kier alpha value is -1.87. The molecule has 0 amide bonds. The molecule has 1 aromatic carbocycles. The van der Waals surface area contributed by atoms with Crippen molar-refractivity contribution >= 4 is 5.69 Å². The largest absolute Gasteiger partial charge is 0.367 e. The molecule has 1 atom stereocenters. The standard InChI is InChI=1S/C16H19N3/c17-15-5-3-11-19(12-13-7-9-18-10-8-13)16-6-2-1-4-14(15)16/h1-2,4,6-10,15H,3,5,11-12,17H2. The molecule has 0 saturated carbocycles. The highest BCUT2D eigenvalue weighted by Gasteiger charge is 2.19. The number of nitrogens with two attached hydrogens (primary N) is 1. The number of aromatic nitrogens is 1. The van der Waals surface area contributed by atoms with Crippen LogP contribution in [0.3, 0.4) is 0 Å². The van der Waals surface area contributed by atoms with Gasteiger partial charge in [0.15, 0.2) is 0 Å². The van der Waals surface area contributed by atoms with E-state index in [0.717, 1.165) is 25.9 Å². The van der Waals surface area contributed by atoms with Crippen LogP contribution in [0.2, 0.25) is 0 Å². The van der Waals surface area contributed by atoms with Crippen LogP contribution in [0.1, 0.15) is 30.0 Å². The lowest BCUT2D eigenvalue weighted by Gasteiger charge is -2.25. The minimum absolute atomic E-state index is 0.165. The van der Waals surface area contributed by atoms with Crippen molar-refractivity contribution < 1.29 is 0 Å². The lowest BCUT2D eigenvalue weighted by atomic mass is 10.0. The van der Waals surface area contributed by atoms with E-state index in [4.69, 9.17) is 5.73 Å². The third kappa shape index (κ3) is 2.61. The van der Waals surface area contributed by atoms with Gasteiger partial charge >= 0.3 is 0 Å². The van der Waals surface area contributed by atoms with Gasteiger partial charge in [0.25, 0.3) is 0 Å². The maximum atomic E-state index is 6.27. The van der Waals surface area contributed by atoms with Gasteiger partial charge in [-0.1, -0.05) is 18.2 Å². The molecule has 2 heterocycles. The Kier molecular flexibility index (Phi) is 3.47. The molecule has 1 aliphatic heterocycles. The molecule has 0 aliphatic carbocycles. The van der Waals surface area contributed by atoms with E-state index in [1.54, 1.807) is 0 Å². The third-order valence-electron chi connectivity index (χ3n) is 3.74. The minimum Gasteiger partial charge on any atom is -0.367 e. The van der Waals surface area contributed by atoms with E-state index in [9.17, 15) is 0 Å². The zero-order valence-electron chi connectivity index (χ0n) is 11.0. The fraction of sp³-hybridized carbons (Fsp3) is 0.312. The summed E-state index contributed by atoms with van der Waals surface area (Å²) in [6, 6.07) is 12.8. The number of anilines is 1. The molecule has 98 valence electrons. The van der Waals surface area contributed by atoms with Gasteiger partial charge in [0.05, 0.1) is 0 Å². The topological polar surface area (TPSA) is 42.1 Å². The van der Waals surface area contributed by atoms with Gasteiger partial charge in [-0.15, -0.1) is 0 Å². The van der Waals surface area contributed by atoms with Crippen LogP contribution >= 0.6 is 0 Å². The highest BCUT2D eigenvalue weighted by molar-refractivity contribution is 5.56. The molecule has 1 aromatic heterocycles. The van der Waals surface area contributed by atoms with Gasteiger partial charge in [-0.2, -0.15) is 0 Å². The second-order valence-corrected chi connectivity index (χ2v) is 5.08. The summed E-state index contributed by atoms with van der Waals surface area (Å²) in [5.74, 6) is 0. The fourth-order valence-corrected chi connectivity index (χ4v) is 2.74. The second-order valence-electron chi connectivity index (χ2n) is 5.08. The Morgan fingerprint density at radius 3 is 2.79 bits per heavy atom. The van der Waals surface area contributed by atoms with E-state index in [2.05, 4.69) is 46.3 Å². The van der Waals surface area contributed by atoms with Crippen molar-refractivity contribution in [1.29, 1.82) is 0 Å². The van der Waals surface area contributed by atoms with Crippen LogP contribution in [0.5, 0.6) is 0 Å². The lowest BCUT2D eigenvalue weighted by molar-refractivity contribution is 0.626. The SMILES string of the molecule is NC1CCCN(Cc2ccncc2)c2ccccc21. The summed E-state index contributed by atoms with van der Waals surface area (Å²) in [6.45, 7) is 1.99. The molecule has 0 fully saturated rings. The third-order valence-corrected chi connectivity index (χ3v) is 3.74.